The van der Waals surface area contributed by atoms with Crippen LogP contribution in [0.4, 0.5) is 26.2 Å². The number of hydrogen-bond donors (Lipinski definition) is 3. The molecule has 0 radical (unpaired) electrons. The number of urea groups is 1. The highest BCUT2D eigenvalue weighted by molar-refractivity contribution is 6.00. The van der Waals surface area contributed by atoms with Crippen LogP contribution in [0.15, 0.2) is 78.9 Å². The molecular weight excluding hydrogens is 433 g/mol. The molecule has 3 aromatic carbocycles. The van der Waals surface area contributed by atoms with Crippen molar-refractivity contribution < 1.29 is 14.0 Å². The van der Waals surface area contributed by atoms with Crippen molar-refractivity contribution in [1.82, 2.24) is 9.78 Å². The molecular formula is C26H24FN5O2. The van der Waals surface area contributed by atoms with Crippen molar-refractivity contribution in [2.24, 2.45) is 0 Å². The van der Waals surface area contributed by atoms with Crippen molar-refractivity contribution in [2.75, 3.05) is 16.0 Å². The van der Waals surface area contributed by atoms with E-state index in [0.717, 1.165) is 22.6 Å². The number of anilines is 3. The van der Waals surface area contributed by atoms with Gasteiger partial charge in [-0.25, -0.2) is 13.9 Å². The lowest BCUT2D eigenvalue weighted by Gasteiger charge is -2.10. The molecule has 172 valence electrons. The van der Waals surface area contributed by atoms with Crippen molar-refractivity contribution in [2.45, 2.75) is 20.3 Å². The first-order valence-electron chi connectivity index (χ1n) is 10.7. The highest BCUT2D eigenvalue weighted by Crippen LogP contribution is 2.20. The number of nitrogens with zero attached hydrogens (tertiary/aromatic N) is 2. The van der Waals surface area contributed by atoms with Gasteiger partial charge in [0.25, 0.3) is 0 Å². The van der Waals surface area contributed by atoms with Gasteiger partial charge >= 0.3 is 6.03 Å². The predicted octanol–water partition coefficient (Wildman–Crippen LogP) is 5.45. The third kappa shape index (κ3) is 5.47. The quantitative estimate of drug-likeness (QED) is 0.360. The van der Waals surface area contributed by atoms with Crippen LogP contribution in [0.1, 0.15) is 17.0 Å². The molecule has 0 aliphatic carbocycles. The molecule has 0 fully saturated rings. The number of benzene rings is 3. The van der Waals surface area contributed by atoms with E-state index in [1.807, 2.05) is 32.0 Å². The topological polar surface area (TPSA) is 88.1 Å². The number of amides is 3. The van der Waals surface area contributed by atoms with E-state index >= 15 is 0 Å². The van der Waals surface area contributed by atoms with Crippen molar-refractivity contribution in [3.63, 3.8) is 0 Å². The van der Waals surface area contributed by atoms with E-state index in [0.29, 0.717) is 17.1 Å². The Morgan fingerprint density at radius 3 is 2.15 bits per heavy atom. The molecule has 1 heterocycles. The van der Waals surface area contributed by atoms with Crippen LogP contribution in [-0.2, 0) is 11.2 Å². The Bertz CT molecular complexity index is 1320. The van der Waals surface area contributed by atoms with Gasteiger partial charge in [0.05, 0.1) is 17.8 Å². The van der Waals surface area contributed by atoms with Gasteiger partial charge in [-0.2, -0.15) is 5.10 Å². The van der Waals surface area contributed by atoms with Crippen LogP contribution in [0.25, 0.3) is 5.69 Å². The third-order valence-corrected chi connectivity index (χ3v) is 5.29. The molecule has 0 unspecified atom stereocenters. The van der Waals surface area contributed by atoms with Crippen LogP contribution >= 0.6 is 0 Å². The summed E-state index contributed by atoms with van der Waals surface area (Å²) in [5, 5.41) is 12.9. The number of carbonyl (C=O) groups excluding carboxylic acids is 2. The highest BCUT2D eigenvalue weighted by atomic mass is 19.1. The number of para-hydroxylation sites is 1. The average Bonchev–Trinajstić information content (AvgIpc) is 3.08. The number of aryl methyl sites for hydroxylation is 1. The van der Waals surface area contributed by atoms with E-state index in [4.69, 9.17) is 0 Å². The molecule has 0 aliphatic rings. The number of nitrogens with one attached hydrogen (secondary N) is 3. The molecule has 0 atom stereocenters. The van der Waals surface area contributed by atoms with E-state index in [-0.39, 0.29) is 24.2 Å². The van der Waals surface area contributed by atoms with Gasteiger partial charge in [0.2, 0.25) is 5.91 Å². The molecule has 34 heavy (non-hydrogen) atoms. The minimum Gasteiger partial charge on any atom is -0.326 e. The fraction of sp³-hybridized carbons (Fsp3) is 0.115. The molecule has 0 saturated carbocycles. The first-order valence-corrected chi connectivity index (χ1v) is 10.7. The van der Waals surface area contributed by atoms with Crippen LogP contribution in [-0.4, -0.2) is 21.7 Å². The summed E-state index contributed by atoms with van der Waals surface area (Å²) < 4.78 is 15.0. The van der Waals surface area contributed by atoms with Crippen molar-refractivity contribution in [3.05, 3.63) is 102 Å². The minimum absolute atomic E-state index is 0.130. The van der Waals surface area contributed by atoms with E-state index in [9.17, 15) is 14.0 Å². The SMILES string of the molecule is Cc1nn(-c2ccc(F)cc2)c(C)c1CC(=O)Nc1cccc(NC(=O)Nc2ccccc2)c1. The summed E-state index contributed by atoms with van der Waals surface area (Å²) in [6, 6.07) is 21.7. The minimum atomic E-state index is -0.380. The van der Waals surface area contributed by atoms with Crippen LogP contribution in [0.3, 0.4) is 0 Å². The summed E-state index contributed by atoms with van der Waals surface area (Å²) in [4.78, 5) is 25.0. The molecule has 4 aromatic rings. The van der Waals surface area contributed by atoms with Crippen LogP contribution in [0, 0.1) is 19.7 Å². The molecule has 3 amide bonds. The van der Waals surface area contributed by atoms with Gasteiger partial charge in [0, 0.05) is 28.3 Å². The van der Waals surface area contributed by atoms with Gasteiger partial charge in [0.1, 0.15) is 5.82 Å². The maximum absolute atomic E-state index is 13.3. The van der Waals surface area contributed by atoms with Gasteiger partial charge in [-0.1, -0.05) is 24.3 Å². The number of aromatic nitrogens is 2. The Morgan fingerprint density at radius 1 is 0.824 bits per heavy atom. The van der Waals surface area contributed by atoms with Gasteiger partial charge < -0.3 is 16.0 Å². The van der Waals surface area contributed by atoms with Gasteiger partial charge in [-0.15, -0.1) is 0 Å². The molecule has 0 aliphatic heterocycles. The lowest BCUT2D eigenvalue weighted by molar-refractivity contribution is -0.115. The summed E-state index contributed by atoms with van der Waals surface area (Å²) in [5.41, 5.74) is 4.85. The summed E-state index contributed by atoms with van der Waals surface area (Å²) in [7, 11) is 0. The molecule has 8 heteroatoms. The lowest BCUT2D eigenvalue weighted by Crippen LogP contribution is -2.19. The fourth-order valence-corrected chi connectivity index (χ4v) is 3.62. The maximum atomic E-state index is 13.3. The second-order valence-corrected chi connectivity index (χ2v) is 7.79. The zero-order valence-electron chi connectivity index (χ0n) is 18.8. The first kappa shape index (κ1) is 22.7. The standard InChI is InChI=1S/C26H24FN5O2/c1-17-24(18(2)32(31-17)23-13-11-19(27)12-14-23)16-25(33)28-21-9-6-10-22(15-21)30-26(34)29-20-7-4-3-5-8-20/h3-15H,16H2,1-2H3,(H,28,33)(H2,29,30,34). The second-order valence-electron chi connectivity index (χ2n) is 7.79. The molecule has 4 rings (SSSR count). The lowest BCUT2D eigenvalue weighted by atomic mass is 10.1. The third-order valence-electron chi connectivity index (χ3n) is 5.29. The maximum Gasteiger partial charge on any atom is 0.323 e. The van der Waals surface area contributed by atoms with E-state index in [1.165, 1.54) is 12.1 Å². The Labute approximate surface area is 196 Å². The Morgan fingerprint density at radius 2 is 1.44 bits per heavy atom. The molecule has 1 aromatic heterocycles. The summed E-state index contributed by atoms with van der Waals surface area (Å²) >= 11 is 0. The molecule has 3 N–H and O–H groups in total. The number of carbonyl (C=O) groups is 2. The number of halogens is 1. The fourth-order valence-electron chi connectivity index (χ4n) is 3.62. The predicted molar refractivity (Wildman–Crippen MR) is 131 cm³/mol. The number of hydrogen-bond acceptors (Lipinski definition) is 3. The summed E-state index contributed by atoms with van der Waals surface area (Å²) in [6.07, 6.45) is 0.130. The van der Waals surface area contributed by atoms with Crippen molar-refractivity contribution in [3.8, 4) is 5.69 Å². The van der Waals surface area contributed by atoms with E-state index < -0.39 is 0 Å². The zero-order valence-corrected chi connectivity index (χ0v) is 18.8. The molecule has 7 nitrogen and oxygen atoms in total. The zero-order chi connectivity index (χ0) is 24.1. The number of rotatable bonds is 6. The normalized spacial score (nSPS) is 10.6. The van der Waals surface area contributed by atoms with Crippen molar-refractivity contribution in [1.29, 1.82) is 0 Å². The monoisotopic (exact) mass is 457 g/mol. The smallest absolute Gasteiger partial charge is 0.323 e. The van der Waals surface area contributed by atoms with Crippen molar-refractivity contribution >= 4 is 29.0 Å². The Hall–Kier alpha value is -4.46. The highest BCUT2D eigenvalue weighted by Gasteiger charge is 2.16. The summed E-state index contributed by atoms with van der Waals surface area (Å²) in [6.45, 7) is 3.72. The summed E-state index contributed by atoms with van der Waals surface area (Å²) in [5.74, 6) is -0.533. The molecule has 0 bridgehead atoms. The average molecular weight is 458 g/mol. The van der Waals surface area contributed by atoms with Crippen LogP contribution < -0.4 is 16.0 Å². The Kier molecular flexibility index (Phi) is 6.68. The Balaban J connectivity index is 1.41. The molecule has 0 spiro atoms. The van der Waals surface area contributed by atoms with Gasteiger partial charge in [-0.3, -0.25) is 4.79 Å². The first-order chi connectivity index (χ1) is 16.4. The van der Waals surface area contributed by atoms with Crippen LogP contribution in [0.2, 0.25) is 0 Å². The van der Waals surface area contributed by atoms with Gasteiger partial charge in [0.15, 0.2) is 0 Å². The van der Waals surface area contributed by atoms with Gasteiger partial charge in [-0.05, 0) is 68.4 Å². The largest absolute Gasteiger partial charge is 0.326 e. The van der Waals surface area contributed by atoms with E-state index in [2.05, 4.69) is 21.0 Å². The van der Waals surface area contributed by atoms with Crippen LogP contribution in [0.5, 0.6) is 0 Å². The molecule has 0 saturated heterocycles. The van der Waals surface area contributed by atoms with E-state index in [1.54, 1.807) is 53.2 Å². The second kappa shape index (κ2) is 9.99.